The zero-order valence-corrected chi connectivity index (χ0v) is 16.7. The lowest BCUT2D eigenvalue weighted by atomic mass is 10.1. The van der Waals surface area contributed by atoms with Gasteiger partial charge in [-0.25, -0.2) is 0 Å². The minimum atomic E-state index is 0.464. The molecule has 0 aromatic carbocycles. The van der Waals surface area contributed by atoms with Gasteiger partial charge in [0.2, 0.25) is 0 Å². The van der Waals surface area contributed by atoms with Crippen molar-refractivity contribution in [1.29, 1.82) is 0 Å². The molecule has 0 saturated carbocycles. The molecule has 1 atom stereocenters. The second-order valence-corrected chi connectivity index (χ2v) is 7.61. The summed E-state index contributed by atoms with van der Waals surface area (Å²) >= 11 is 1.89. The van der Waals surface area contributed by atoms with Gasteiger partial charge >= 0.3 is 0 Å². The molecule has 142 valence electrons. The Labute approximate surface area is 159 Å². The highest BCUT2D eigenvalue weighted by Gasteiger charge is 2.21. The molecule has 0 bridgehead atoms. The smallest absolute Gasteiger partial charge is 0.191 e. The average molecular weight is 376 g/mol. The van der Waals surface area contributed by atoms with Gasteiger partial charge in [-0.2, -0.15) is 0 Å². The molecular formula is C18H29N7S. The predicted octanol–water partition coefficient (Wildman–Crippen LogP) is 1.51. The van der Waals surface area contributed by atoms with E-state index in [9.17, 15) is 0 Å². The molecule has 2 aromatic rings. The fourth-order valence-electron chi connectivity index (χ4n) is 3.27. The summed E-state index contributed by atoms with van der Waals surface area (Å²) < 4.78 is 2.08. The summed E-state index contributed by atoms with van der Waals surface area (Å²) in [4.78, 5) is 8.43. The quantitative estimate of drug-likeness (QED) is 0.567. The summed E-state index contributed by atoms with van der Waals surface area (Å²) in [7, 11) is 1.81. The van der Waals surface area contributed by atoms with Crippen molar-refractivity contribution in [1.82, 2.24) is 30.3 Å². The van der Waals surface area contributed by atoms with Gasteiger partial charge in [0.1, 0.15) is 12.2 Å². The maximum Gasteiger partial charge on any atom is 0.191 e. The lowest BCUT2D eigenvalue weighted by molar-refractivity contribution is 0.192. The Kier molecular flexibility index (Phi) is 6.62. The van der Waals surface area contributed by atoms with Crippen LogP contribution in [0.4, 0.5) is 0 Å². The summed E-state index contributed by atoms with van der Waals surface area (Å²) in [6.45, 7) is 9.07. The lowest BCUT2D eigenvalue weighted by Gasteiger charge is -2.32. The number of thiophene rings is 1. The predicted molar refractivity (Wildman–Crippen MR) is 107 cm³/mol. The van der Waals surface area contributed by atoms with E-state index >= 15 is 0 Å². The number of aromatic nitrogens is 3. The molecule has 3 heterocycles. The molecule has 0 aliphatic carbocycles. The molecule has 2 N–H and O–H groups in total. The number of hydrogen-bond acceptors (Lipinski definition) is 5. The van der Waals surface area contributed by atoms with Crippen LogP contribution < -0.4 is 10.6 Å². The first kappa shape index (κ1) is 18.8. The third-order valence-electron chi connectivity index (χ3n) is 4.91. The summed E-state index contributed by atoms with van der Waals surface area (Å²) in [5, 5.41) is 17.1. The summed E-state index contributed by atoms with van der Waals surface area (Å²) in [5.41, 5.74) is 1.50. The zero-order chi connectivity index (χ0) is 18.4. The summed E-state index contributed by atoms with van der Waals surface area (Å²) in [5.74, 6) is 1.86. The number of nitrogens with zero attached hydrogens (tertiary/aromatic N) is 5. The molecule has 1 aliphatic rings. The first-order chi connectivity index (χ1) is 12.7. The van der Waals surface area contributed by atoms with Gasteiger partial charge in [0.25, 0.3) is 0 Å². The molecule has 1 aliphatic heterocycles. The topological polar surface area (TPSA) is 70.4 Å². The third-order valence-corrected chi connectivity index (χ3v) is 5.93. The van der Waals surface area contributed by atoms with Crippen molar-refractivity contribution < 1.29 is 0 Å². The first-order valence-corrected chi connectivity index (χ1v) is 10.2. The van der Waals surface area contributed by atoms with E-state index in [0.29, 0.717) is 6.04 Å². The van der Waals surface area contributed by atoms with E-state index in [1.807, 2.05) is 18.4 Å². The van der Waals surface area contributed by atoms with E-state index in [0.717, 1.165) is 50.9 Å². The van der Waals surface area contributed by atoms with Gasteiger partial charge in [0, 0.05) is 57.1 Å². The third kappa shape index (κ3) is 4.62. The summed E-state index contributed by atoms with van der Waals surface area (Å²) in [6.07, 6.45) is 3.85. The van der Waals surface area contributed by atoms with Crippen LogP contribution in [0.15, 0.2) is 22.8 Å². The molecule has 8 heteroatoms. The van der Waals surface area contributed by atoms with Crippen molar-refractivity contribution in [2.45, 2.75) is 45.8 Å². The van der Waals surface area contributed by atoms with Crippen molar-refractivity contribution in [3.8, 4) is 0 Å². The lowest BCUT2D eigenvalue weighted by Crippen LogP contribution is -2.47. The largest absolute Gasteiger partial charge is 0.355 e. The standard InChI is InChI=1S/C18H29N7S/c1-4-17-23-22-13-25(17)9-7-20-18(19-3)21-11-14(2)24-8-5-16-15(12-24)6-10-26-16/h6,10,13-14H,4-5,7-9,11-12H2,1-3H3,(H2,19,20,21). The van der Waals surface area contributed by atoms with Gasteiger partial charge in [-0.05, 0) is 30.4 Å². The Morgan fingerprint density at radius 2 is 2.31 bits per heavy atom. The van der Waals surface area contributed by atoms with Gasteiger partial charge in [-0.15, -0.1) is 21.5 Å². The fourth-order valence-corrected chi connectivity index (χ4v) is 4.16. The van der Waals surface area contributed by atoms with Crippen molar-refractivity contribution in [2.24, 2.45) is 4.99 Å². The van der Waals surface area contributed by atoms with E-state index in [4.69, 9.17) is 0 Å². The average Bonchev–Trinajstić information content (AvgIpc) is 3.32. The van der Waals surface area contributed by atoms with Crippen LogP contribution in [0.25, 0.3) is 0 Å². The Balaban J connectivity index is 1.41. The van der Waals surface area contributed by atoms with E-state index in [2.05, 4.69) is 60.6 Å². The second-order valence-electron chi connectivity index (χ2n) is 6.61. The van der Waals surface area contributed by atoms with Crippen molar-refractivity contribution in [2.75, 3.05) is 26.7 Å². The van der Waals surface area contributed by atoms with E-state index < -0.39 is 0 Å². The van der Waals surface area contributed by atoms with Crippen LogP contribution in [-0.4, -0.2) is 58.3 Å². The van der Waals surface area contributed by atoms with Gasteiger partial charge in [0.05, 0.1) is 0 Å². The number of aryl methyl sites for hydroxylation is 1. The highest BCUT2D eigenvalue weighted by molar-refractivity contribution is 7.10. The maximum atomic E-state index is 4.33. The Morgan fingerprint density at radius 3 is 3.12 bits per heavy atom. The van der Waals surface area contributed by atoms with E-state index in [1.165, 1.54) is 12.0 Å². The first-order valence-electron chi connectivity index (χ1n) is 9.31. The van der Waals surface area contributed by atoms with Crippen molar-refractivity contribution in [3.05, 3.63) is 34.0 Å². The molecule has 7 nitrogen and oxygen atoms in total. The highest BCUT2D eigenvalue weighted by atomic mass is 32.1. The Hall–Kier alpha value is -1.93. The molecule has 26 heavy (non-hydrogen) atoms. The molecule has 1 unspecified atom stereocenters. The second kappa shape index (κ2) is 9.14. The van der Waals surface area contributed by atoms with E-state index in [-0.39, 0.29) is 0 Å². The van der Waals surface area contributed by atoms with Crippen LogP contribution in [0.5, 0.6) is 0 Å². The minimum Gasteiger partial charge on any atom is -0.355 e. The van der Waals surface area contributed by atoms with Crippen molar-refractivity contribution >= 4 is 17.3 Å². The normalized spacial score (nSPS) is 16.3. The van der Waals surface area contributed by atoms with Gasteiger partial charge in [0.15, 0.2) is 5.96 Å². The minimum absolute atomic E-state index is 0.464. The number of nitrogens with one attached hydrogen (secondary N) is 2. The fraction of sp³-hybridized carbons (Fsp3) is 0.611. The van der Waals surface area contributed by atoms with Crippen LogP contribution >= 0.6 is 11.3 Å². The van der Waals surface area contributed by atoms with Gasteiger partial charge in [-0.3, -0.25) is 9.89 Å². The SMILES string of the molecule is CCc1nncn1CCNC(=NC)NCC(C)N1CCc2sccc2C1. The monoisotopic (exact) mass is 375 g/mol. The number of aliphatic imine (C=N–C) groups is 1. The molecule has 0 fully saturated rings. The molecule has 3 rings (SSSR count). The molecule has 0 radical (unpaired) electrons. The number of rotatable bonds is 7. The molecule has 0 saturated heterocycles. The highest BCUT2D eigenvalue weighted by Crippen LogP contribution is 2.24. The summed E-state index contributed by atoms with van der Waals surface area (Å²) in [6, 6.07) is 2.73. The maximum absolute atomic E-state index is 4.33. The van der Waals surface area contributed by atoms with Crippen LogP contribution in [-0.2, 0) is 25.9 Å². The van der Waals surface area contributed by atoms with E-state index in [1.54, 1.807) is 11.2 Å². The van der Waals surface area contributed by atoms with Crippen molar-refractivity contribution in [3.63, 3.8) is 0 Å². The van der Waals surface area contributed by atoms with Crippen LogP contribution in [0.1, 0.15) is 30.1 Å². The number of hydrogen-bond donors (Lipinski definition) is 2. The molecule has 2 aromatic heterocycles. The molecule has 0 spiro atoms. The molecule has 0 amide bonds. The zero-order valence-electron chi connectivity index (χ0n) is 15.9. The number of guanidine groups is 1. The van der Waals surface area contributed by atoms with Crippen LogP contribution in [0.2, 0.25) is 0 Å². The molecular weight excluding hydrogens is 346 g/mol. The Bertz CT molecular complexity index is 721. The van der Waals surface area contributed by atoms with Gasteiger partial charge in [-0.1, -0.05) is 6.92 Å². The van der Waals surface area contributed by atoms with Crippen LogP contribution in [0, 0.1) is 0 Å². The van der Waals surface area contributed by atoms with Crippen LogP contribution in [0.3, 0.4) is 0 Å². The number of fused-ring (bicyclic) bond motifs is 1. The Morgan fingerprint density at radius 1 is 1.42 bits per heavy atom. The van der Waals surface area contributed by atoms with Gasteiger partial charge < -0.3 is 15.2 Å².